The lowest BCUT2D eigenvalue weighted by Crippen LogP contribution is -2.42. The Morgan fingerprint density at radius 2 is 1.43 bits per heavy atom. The molecule has 0 atom stereocenters. The van der Waals surface area contributed by atoms with Crippen molar-refractivity contribution in [2.24, 2.45) is 0 Å². The van der Waals surface area contributed by atoms with Gasteiger partial charge >= 0.3 is 20.2 Å². The number of halogens is 6. The first-order chi connectivity index (χ1) is 9.91. The molecule has 0 bridgehead atoms. The van der Waals surface area contributed by atoms with Crippen LogP contribution in [0.25, 0.3) is 0 Å². The Kier molecular flexibility index (Phi) is 6.92. The topological polar surface area (TPSA) is 89.8 Å². The predicted molar refractivity (Wildman–Crippen MR) is 69.0 cm³/mol. The van der Waals surface area contributed by atoms with E-state index in [1.54, 1.807) is 0 Å². The molecular weight excluding hydrogens is 355 g/mol. The van der Waals surface area contributed by atoms with Gasteiger partial charge in [0.25, 0.3) is 0 Å². The van der Waals surface area contributed by atoms with Crippen LogP contribution in [0.5, 0.6) is 0 Å². The lowest BCUT2D eigenvalue weighted by atomic mass is 9.84. The van der Waals surface area contributed by atoms with Crippen molar-refractivity contribution in [2.75, 3.05) is 0 Å². The van der Waals surface area contributed by atoms with Crippen LogP contribution >= 0.6 is 7.82 Å². The maximum absolute atomic E-state index is 12.4. The molecule has 1 heterocycles. The van der Waals surface area contributed by atoms with Crippen LogP contribution in [0.3, 0.4) is 0 Å². The van der Waals surface area contributed by atoms with Gasteiger partial charge in [0.1, 0.15) is 0 Å². The molecule has 1 aliphatic heterocycles. The first-order valence-electron chi connectivity index (χ1n) is 5.99. The van der Waals surface area contributed by atoms with Crippen LogP contribution in [0.1, 0.15) is 26.7 Å². The van der Waals surface area contributed by atoms with E-state index in [2.05, 4.69) is 5.32 Å². The van der Waals surface area contributed by atoms with Crippen LogP contribution in [0.2, 0.25) is 0 Å². The van der Waals surface area contributed by atoms with Crippen molar-refractivity contribution >= 4 is 7.82 Å². The van der Waals surface area contributed by atoms with Crippen molar-refractivity contribution < 1.29 is 45.6 Å². The summed E-state index contributed by atoms with van der Waals surface area (Å²) in [7, 11) is -4.64. The number of hydrogen-bond acceptors (Lipinski definition) is 2. The van der Waals surface area contributed by atoms with Crippen LogP contribution < -0.4 is 5.32 Å². The monoisotopic (exact) mass is 371 g/mol. The normalized spacial score (nSPS) is 18.2. The average Bonchev–Trinajstić information content (AvgIpc) is 2.16. The van der Waals surface area contributed by atoms with E-state index < -0.39 is 38.6 Å². The Hall–Kier alpha value is -1.03. The van der Waals surface area contributed by atoms with Crippen molar-refractivity contribution in [1.82, 2.24) is 5.32 Å². The molecule has 4 N–H and O–H groups in total. The van der Waals surface area contributed by atoms with E-state index in [1.807, 2.05) is 0 Å². The molecule has 0 spiro atoms. The summed E-state index contributed by atoms with van der Waals surface area (Å²) in [6.07, 6.45) is -9.44. The van der Waals surface area contributed by atoms with Crippen molar-refractivity contribution in [3.8, 4) is 0 Å². The van der Waals surface area contributed by atoms with Gasteiger partial charge in [-0.25, -0.2) is 4.57 Å². The lowest BCUT2D eigenvalue weighted by Gasteiger charge is -2.34. The number of phosphoric acid groups is 1. The molecule has 0 saturated heterocycles. The SMILES string of the molecule is CC1(C)NC=CC(CC(F)(F)F)=C1CC(F)(F)F.O=P(O)(O)O. The van der Waals surface area contributed by atoms with Crippen LogP contribution in [0.4, 0.5) is 26.3 Å². The zero-order valence-electron chi connectivity index (χ0n) is 12.0. The maximum Gasteiger partial charge on any atom is 0.466 e. The van der Waals surface area contributed by atoms with E-state index in [0.717, 1.165) is 6.08 Å². The summed E-state index contributed by atoms with van der Waals surface area (Å²) in [6.45, 7) is 2.85. The smallest absolute Gasteiger partial charge is 0.382 e. The summed E-state index contributed by atoms with van der Waals surface area (Å²) in [4.78, 5) is 21.6. The van der Waals surface area contributed by atoms with Crippen molar-refractivity contribution in [3.05, 3.63) is 23.4 Å². The standard InChI is InChI=1S/C11H13F6N.H3O4P/c1-9(2)8(6-11(15,16)17)7(3-4-18-9)5-10(12,13)14;1-5(2,3)4/h3-4,18H,5-6H2,1-2H3;(H3,1,2,3,4). The number of dihydropyridines is 1. The van der Waals surface area contributed by atoms with E-state index in [-0.39, 0.29) is 11.1 Å². The molecule has 0 aliphatic carbocycles. The molecule has 136 valence electrons. The number of rotatable bonds is 2. The largest absolute Gasteiger partial charge is 0.466 e. The van der Waals surface area contributed by atoms with Crippen molar-refractivity contribution in [3.63, 3.8) is 0 Å². The molecule has 0 aromatic carbocycles. The van der Waals surface area contributed by atoms with E-state index in [1.165, 1.54) is 20.0 Å². The highest BCUT2D eigenvalue weighted by Gasteiger charge is 2.39. The van der Waals surface area contributed by atoms with Crippen LogP contribution in [0.15, 0.2) is 23.4 Å². The Balaban J connectivity index is 0.000000841. The minimum absolute atomic E-state index is 0.269. The van der Waals surface area contributed by atoms with Gasteiger partial charge < -0.3 is 20.0 Å². The fourth-order valence-corrected chi connectivity index (χ4v) is 1.86. The molecule has 0 unspecified atom stereocenters. The van der Waals surface area contributed by atoms with Crippen LogP contribution in [-0.4, -0.2) is 32.6 Å². The van der Waals surface area contributed by atoms with E-state index in [4.69, 9.17) is 19.2 Å². The minimum atomic E-state index is -4.64. The molecule has 5 nitrogen and oxygen atoms in total. The summed E-state index contributed by atoms with van der Waals surface area (Å²) in [5, 5.41) is 2.64. The van der Waals surface area contributed by atoms with Gasteiger partial charge in [-0.3, -0.25) is 0 Å². The third-order valence-electron chi connectivity index (χ3n) is 2.64. The molecule has 0 saturated carbocycles. The van der Waals surface area contributed by atoms with Gasteiger partial charge in [-0.2, -0.15) is 26.3 Å². The van der Waals surface area contributed by atoms with Crippen molar-refractivity contribution in [1.29, 1.82) is 0 Å². The van der Waals surface area contributed by atoms with Crippen molar-refractivity contribution in [2.45, 2.75) is 44.6 Å². The Morgan fingerprint density at radius 3 is 1.78 bits per heavy atom. The molecule has 0 fully saturated rings. The predicted octanol–water partition coefficient (Wildman–Crippen LogP) is 3.15. The highest BCUT2D eigenvalue weighted by molar-refractivity contribution is 7.45. The fraction of sp³-hybridized carbons (Fsp3) is 0.636. The molecule has 12 heteroatoms. The molecule has 0 aromatic heterocycles. The second kappa shape index (κ2) is 7.25. The third kappa shape index (κ3) is 11.2. The molecule has 0 amide bonds. The Bertz CT molecular complexity index is 509. The molecular formula is C11H16F6NO4P. The second-order valence-corrected chi connectivity index (χ2v) is 6.23. The average molecular weight is 371 g/mol. The number of allylic oxidation sites excluding steroid dienone is 2. The Morgan fingerprint density at radius 1 is 1.04 bits per heavy atom. The first-order valence-corrected chi connectivity index (χ1v) is 7.56. The zero-order chi connectivity index (χ0) is 18.7. The van der Waals surface area contributed by atoms with Crippen LogP contribution in [0, 0.1) is 0 Å². The molecule has 23 heavy (non-hydrogen) atoms. The van der Waals surface area contributed by atoms with Gasteiger partial charge in [-0.05, 0) is 37.3 Å². The van der Waals surface area contributed by atoms with E-state index in [0.29, 0.717) is 0 Å². The van der Waals surface area contributed by atoms with Gasteiger partial charge in [0.05, 0.1) is 18.4 Å². The third-order valence-corrected chi connectivity index (χ3v) is 2.64. The molecule has 1 aliphatic rings. The highest BCUT2D eigenvalue weighted by Crippen LogP contribution is 2.38. The number of alkyl halides is 6. The quantitative estimate of drug-likeness (QED) is 0.442. The van der Waals surface area contributed by atoms with Gasteiger partial charge in [0, 0.05) is 0 Å². The molecule has 0 radical (unpaired) electrons. The first kappa shape index (κ1) is 22.0. The fourth-order valence-electron chi connectivity index (χ4n) is 1.86. The molecule has 1 rings (SSSR count). The Labute approximate surface area is 127 Å². The van der Waals surface area contributed by atoms with E-state index >= 15 is 0 Å². The number of nitrogens with one attached hydrogen (secondary N) is 1. The summed E-state index contributed by atoms with van der Waals surface area (Å²) in [5.41, 5.74) is -1.72. The minimum Gasteiger partial charge on any atom is -0.382 e. The summed E-state index contributed by atoms with van der Waals surface area (Å²) < 4.78 is 83.1. The van der Waals surface area contributed by atoms with Crippen LogP contribution in [-0.2, 0) is 4.57 Å². The van der Waals surface area contributed by atoms with Gasteiger partial charge in [-0.15, -0.1) is 0 Å². The van der Waals surface area contributed by atoms with Gasteiger partial charge in [-0.1, -0.05) is 0 Å². The van der Waals surface area contributed by atoms with E-state index in [9.17, 15) is 26.3 Å². The summed E-state index contributed by atoms with van der Waals surface area (Å²) >= 11 is 0. The summed E-state index contributed by atoms with van der Waals surface area (Å²) in [5.74, 6) is 0. The summed E-state index contributed by atoms with van der Waals surface area (Å²) in [6, 6.07) is 0. The number of hydrogen-bond donors (Lipinski definition) is 4. The van der Waals surface area contributed by atoms with Gasteiger partial charge in [0.15, 0.2) is 0 Å². The lowest BCUT2D eigenvalue weighted by molar-refractivity contribution is -0.133. The molecule has 0 aromatic rings. The maximum atomic E-state index is 12.4. The second-order valence-electron chi connectivity index (χ2n) is 5.20. The highest BCUT2D eigenvalue weighted by atomic mass is 31.2. The zero-order valence-corrected chi connectivity index (χ0v) is 12.9. The van der Waals surface area contributed by atoms with Gasteiger partial charge in [0.2, 0.25) is 0 Å².